The molecule has 118 valence electrons. The fourth-order valence-electron chi connectivity index (χ4n) is 2.01. The molecule has 0 spiro atoms. The molecule has 0 aliphatic heterocycles. The smallest absolute Gasteiger partial charge is 0.251 e. The molecule has 0 bridgehead atoms. The molecule has 1 atom stereocenters. The Morgan fingerprint density at radius 2 is 1.71 bits per heavy atom. The van der Waals surface area contributed by atoms with Gasteiger partial charge in [-0.05, 0) is 43.5 Å². The molecule has 0 saturated heterocycles. The zero-order valence-corrected chi connectivity index (χ0v) is 13.8. The highest BCUT2D eigenvalue weighted by Crippen LogP contribution is 2.18. The van der Waals surface area contributed by atoms with Gasteiger partial charge in [-0.25, -0.2) is 0 Å². The number of benzene rings is 1. The number of amides is 1. The van der Waals surface area contributed by atoms with Gasteiger partial charge in [-0.1, -0.05) is 20.8 Å². The Morgan fingerprint density at radius 1 is 1.19 bits per heavy atom. The first-order chi connectivity index (χ1) is 9.79. The predicted molar refractivity (Wildman–Crippen MR) is 87.8 cm³/mol. The molecule has 0 aromatic heterocycles. The standard InChI is InChI=1S/C17H28N2O2/c1-6-19(7-2)14-10-8-13(9-11-14)16(21)18-12-15(20)17(3,4)5/h8-11,15,20H,6-7,12H2,1-5H3,(H,18,21). The van der Waals surface area contributed by atoms with Crippen LogP contribution in [-0.2, 0) is 0 Å². The lowest BCUT2D eigenvalue weighted by atomic mass is 9.89. The molecule has 0 heterocycles. The zero-order chi connectivity index (χ0) is 16.0. The molecule has 1 aromatic carbocycles. The maximum Gasteiger partial charge on any atom is 0.251 e. The largest absolute Gasteiger partial charge is 0.391 e. The first kappa shape index (κ1) is 17.5. The van der Waals surface area contributed by atoms with Crippen molar-refractivity contribution in [2.45, 2.75) is 40.7 Å². The van der Waals surface area contributed by atoms with Crippen LogP contribution in [0.2, 0.25) is 0 Å². The van der Waals surface area contributed by atoms with Crippen molar-refractivity contribution in [1.29, 1.82) is 0 Å². The Kier molecular flexibility index (Phi) is 6.21. The van der Waals surface area contributed by atoms with E-state index in [2.05, 4.69) is 24.1 Å². The van der Waals surface area contributed by atoms with Crippen molar-refractivity contribution < 1.29 is 9.90 Å². The fourth-order valence-corrected chi connectivity index (χ4v) is 2.01. The van der Waals surface area contributed by atoms with Crippen molar-refractivity contribution in [3.05, 3.63) is 29.8 Å². The molecular weight excluding hydrogens is 264 g/mol. The quantitative estimate of drug-likeness (QED) is 0.847. The maximum atomic E-state index is 12.1. The number of carbonyl (C=O) groups excluding carboxylic acids is 1. The summed E-state index contributed by atoms with van der Waals surface area (Å²) in [6.07, 6.45) is -0.559. The molecule has 21 heavy (non-hydrogen) atoms. The summed E-state index contributed by atoms with van der Waals surface area (Å²) in [6, 6.07) is 7.57. The molecule has 0 aliphatic carbocycles. The monoisotopic (exact) mass is 292 g/mol. The highest BCUT2D eigenvalue weighted by Gasteiger charge is 2.22. The van der Waals surface area contributed by atoms with Crippen molar-refractivity contribution in [2.75, 3.05) is 24.5 Å². The molecule has 2 N–H and O–H groups in total. The van der Waals surface area contributed by atoms with Crippen LogP contribution in [0.15, 0.2) is 24.3 Å². The molecule has 1 rings (SSSR count). The Hall–Kier alpha value is -1.55. The number of carbonyl (C=O) groups is 1. The molecule has 0 saturated carbocycles. The van der Waals surface area contributed by atoms with Crippen LogP contribution in [-0.4, -0.2) is 36.8 Å². The minimum Gasteiger partial charge on any atom is -0.391 e. The Bertz CT molecular complexity index is 445. The van der Waals surface area contributed by atoms with E-state index in [9.17, 15) is 9.90 Å². The van der Waals surface area contributed by atoms with Crippen LogP contribution in [0.3, 0.4) is 0 Å². The molecule has 1 unspecified atom stereocenters. The number of hydrogen-bond donors (Lipinski definition) is 2. The second-order valence-corrected chi connectivity index (χ2v) is 6.31. The van der Waals surface area contributed by atoms with E-state index < -0.39 is 6.10 Å². The van der Waals surface area contributed by atoms with Gasteiger partial charge < -0.3 is 15.3 Å². The van der Waals surface area contributed by atoms with Gasteiger partial charge in [-0.15, -0.1) is 0 Å². The molecule has 0 aliphatic rings. The summed E-state index contributed by atoms with van der Waals surface area (Å²) in [5.74, 6) is -0.149. The van der Waals surface area contributed by atoms with Crippen molar-refractivity contribution in [1.82, 2.24) is 5.32 Å². The molecule has 0 fully saturated rings. The lowest BCUT2D eigenvalue weighted by Gasteiger charge is -2.26. The van der Waals surface area contributed by atoms with Crippen molar-refractivity contribution >= 4 is 11.6 Å². The van der Waals surface area contributed by atoms with Crippen LogP contribution in [0.1, 0.15) is 45.0 Å². The Balaban J connectivity index is 2.63. The number of aliphatic hydroxyl groups excluding tert-OH is 1. The van der Waals surface area contributed by atoms with Crippen molar-refractivity contribution in [3.63, 3.8) is 0 Å². The lowest BCUT2D eigenvalue weighted by molar-refractivity contribution is 0.0587. The van der Waals surface area contributed by atoms with E-state index in [1.807, 2.05) is 45.0 Å². The van der Waals surface area contributed by atoms with Crippen LogP contribution in [0.5, 0.6) is 0 Å². The summed E-state index contributed by atoms with van der Waals surface area (Å²) in [5.41, 5.74) is 1.50. The van der Waals surface area contributed by atoms with Crippen molar-refractivity contribution in [3.8, 4) is 0 Å². The molecule has 1 aromatic rings. The van der Waals surface area contributed by atoms with Gasteiger partial charge in [0, 0.05) is 30.9 Å². The minimum atomic E-state index is -0.559. The minimum absolute atomic E-state index is 0.149. The molecule has 1 amide bonds. The lowest BCUT2D eigenvalue weighted by Crippen LogP contribution is -2.39. The van der Waals surface area contributed by atoms with E-state index in [-0.39, 0.29) is 17.9 Å². The number of nitrogens with one attached hydrogen (secondary N) is 1. The fraction of sp³-hybridized carbons (Fsp3) is 0.588. The van der Waals surface area contributed by atoms with E-state index in [0.29, 0.717) is 5.56 Å². The summed E-state index contributed by atoms with van der Waals surface area (Å²) < 4.78 is 0. The summed E-state index contributed by atoms with van der Waals surface area (Å²) >= 11 is 0. The van der Waals surface area contributed by atoms with Gasteiger partial charge in [0.1, 0.15) is 0 Å². The number of nitrogens with zero attached hydrogens (tertiary/aromatic N) is 1. The van der Waals surface area contributed by atoms with Gasteiger partial charge in [0.2, 0.25) is 0 Å². The molecule has 4 nitrogen and oxygen atoms in total. The number of anilines is 1. The van der Waals surface area contributed by atoms with Crippen LogP contribution in [0.25, 0.3) is 0 Å². The van der Waals surface area contributed by atoms with Crippen LogP contribution in [0, 0.1) is 5.41 Å². The molecule has 0 radical (unpaired) electrons. The van der Waals surface area contributed by atoms with E-state index in [1.165, 1.54) is 0 Å². The average molecular weight is 292 g/mol. The summed E-state index contributed by atoms with van der Waals surface area (Å²) in [7, 11) is 0. The average Bonchev–Trinajstić information content (AvgIpc) is 2.45. The van der Waals surface area contributed by atoms with Gasteiger partial charge in [0.15, 0.2) is 0 Å². The first-order valence-electron chi connectivity index (χ1n) is 7.60. The number of rotatable bonds is 6. The van der Waals surface area contributed by atoms with Gasteiger partial charge in [-0.3, -0.25) is 4.79 Å². The van der Waals surface area contributed by atoms with E-state index in [0.717, 1.165) is 18.8 Å². The van der Waals surface area contributed by atoms with Gasteiger partial charge in [-0.2, -0.15) is 0 Å². The number of aliphatic hydroxyl groups is 1. The second kappa shape index (κ2) is 7.46. The highest BCUT2D eigenvalue weighted by atomic mass is 16.3. The summed E-state index contributed by atoms with van der Waals surface area (Å²) in [4.78, 5) is 14.3. The topological polar surface area (TPSA) is 52.6 Å². The number of hydrogen-bond acceptors (Lipinski definition) is 3. The van der Waals surface area contributed by atoms with Crippen LogP contribution < -0.4 is 10.2 Å². The van der Waals surface area contributed by atoms with Gasteiger partial charge in [0.05, 0.1) is 6.10 Å². The predicted octanol–water partition coefficient (Wildman–Crippen LogP) is 2.67. The molecular formula is C17H28N2O2. The Labute approximate surface area is 128 Å². The van der Waals surface area contributed by atoms with Crippen molar-refractivity contribution in [2.24, 2.45) is 5.41 Å². The van der Waals surface area contributed by atoms with E-state index in [4.69, 9.17) is 0 Å². The third-order valence-corrected chi connectivity index (χ3v) is 3.71. The van der Waals surface area contributed by atoms with Gasteiger partial charge in [0.25, 0.3) is 5.91 Å². The maximum absolute atomic E-state index is 12.1. The third-order valence-electron chi connectivity index (χ3n) is 3.71. The second-order valence-electron chi connectivity index (χ2n) is 6.31. The SMILES string of the molecule is CCN(CC)c1ccc(C(=O)NCC(O)C(C)(C)C)cc1. The van der Waals surface area contributed by atoms with E-state index >= 15 is 0 Å². The van der Waals surface area contributed by atoms with Gasteiger partial charge >= 0.3 is 0 Å². The summed E-state index contributed by atoms with van der Waals surface area (Å²) in [6.45, 7) is 12.2. The zero-order valence-electron chi connectivity index (χ0n) is 13.8. The van der Waals surface area contributed by atoms with Crippen LogP contribution in [0.4, 0.5) is 5.69 Å². The third kappa shape index (κ3) is 5.05. The summed E-state index contributed by atoms with van der Waals surface area (Å²) in [5, 5.41) is 12.7. The molecule has 4 heteroatoms. The Morgan fingerprint density at radius 3 is 2.14 bits per heavy atom. The van der Waals surface area contributed by atoms with E-state index in [1.54, 1.807) is 0 Å². The first-order valence-corrected chi connectivity index (χ1v) is 7.60. The highest BCUT2D eigenvalue weighted by molar-refractivity contribution is 5.94. The normalized spacial score (nSPS) is 12.9. The van der Waals surface area contributed by atoms with Crippen LogP contribution >= 0.6 is 0 Å².